The lowest BCUT2D eigenvalue weighted by molar-refractivity contribution is 0.0984. The smallest absolute Gasteiger partial charge is 0.261 e. The van der Waals surface area contributed by atoms with E-state index in [9.17, 15) is 9.59 Å². The molecule has 2 aromatic rings. The Kier molecular flexibility index (Phi) is 3.89. The van der Waals surface area contributed by atoms with Crippen molar-refractivity contribution in [2.24, 2.45) is 0 Å². The Morgan fingerprint density at radius 3 is 1.83 bits per heavy atom. The Balaban J connectivity index is 2.25. The first-order chi connectivity index (χ1) is 8.72. The van der Waals surface area contributed by atoms with Crippen LogP contribution in [0.1, 0.15) is 26.3 Å². The lowest BCUT2D eigenvalue weighted by Gasteiger charge is -2.02. The molecule has 0 fully saturated rings. The lowest BCUT2D eigenvalue weighted by Crippen LogP contribution is -2.12. The first kappa shape index (κ1) is 12.5. The van der Waals surface area contributed by atoms with Crippen molar-refractivity contribution in [3.05, 3.63) is 71.3 Å². The van der Waals surface area contributed by atoms with Crippen molar-refractivity contribution in [1.29, 1.82) is 0 Å². The molecule has 2 aromatic carbocycles. The van der Waals surface area contributed by atoms with Gasteiger partial charge in [-0.25, -0.2) is 0 Å². The van der Waals surface area contributed by atoms with Crippen LogP contribution in [0.3, 0.4) is 0 Å². The Labute approximate surface area is 113 Å². The Hall–Kier alpha value is -1.94. The highest BCUT2D eigenvalue weighted by Gasteiger charge is 2.09. The predicted octanol–water partition coefficient (Wildman–Crippen LogP) is 2.96. The predicted molar refractivity (Wildman–Crippen MR) is 72.7 cm³/mol. The molecule has 0 spiro atoms. The fourth-order valence-corrected chi connectivity index (χ4v) is 1.81. The van der Waals surface area contributed by atoms with Crippen molar-refractivity contribution in [3.8, 4) is 0 Å². The molecule has 3 nitrogen and oxygen atoms in total. The summed E-state index contributed by atoms with van der Waals surface area (Å²) in [6.45, 7) is 0. The van der Waals surface area contributed by atoms with Gasteiger partial charge in [0.05, 0.1) is 0 Å². The number of carbonyl (C=O) groups excluding carboxylic acids is 2. The Bertz CT molecular complexity index is 564. The normalized spacial score (nSPS) is 9.83. The molecule has 0 saturated heterocycles. The van der Waals surface area contributed by atoms with Gasteiger partial charge in [-0.1, -0.05) is 42.5 Å². The summed E-state index contributed by atoms with van der Waals surface area (Å²) in [6, 6.07) is 15.6. The van der Waals surface area contributed by atoms with E-state index in [0.29, 0.717) is 16.7 Å². The molecule has 4 heteroatoms. The average molecular weight is 304 g/mol. The van der Waals surface area contributed by atoms with E-state index in [4.69, 9.17) is 0 Å². The van der Waals surface area contributed by atoms with Gasteiger partial charge in [0.15, 0.2) is 5.78 Å². The molecule has 0 aliphatic heterocycles. The molecular weight excluding hydrogens is 294 g/mol. The first-order valence-electron chi connectivity index (χ1n) is 5.33. The van der Waals surface area contributed by atoms with E-state index >= 15 is 0 Å². The van der Waals surface area contributed by atoms with Gasteiger partial charge in [0.1, 0.15) is 0 Å². The zero-order valence-corrected chi connectivity index (χ0v) is 11.0. The molecule has 0 aromatic heterocycles. The van der Waals surface area contributed by atoms with E-state index in [0.717, 1.165) is 0 Å². The molecule has 0 atom stereocenters. The molecule has 0 unspecified atom stereocenters. The Morgan fingerprint density at radius 2 is 1.28 bits per heavy atom. The minimum absolute atomic E-state index is 0.0543. The van der Waals surface area contributed by atoms with E-state index in [-0.39, 0.29) is 11.7 Å². The quantitative estimate of drug-likeness (QED) is 0.700. The van der Waals surface area contributed by atoms with Crippen molar-refractivity contribution in [2.45, 2.75) is 0 Å². The van der Waals surface area contributed by atoms with E-state index < -0.39 is 0 Å². The Morgan fingerprint density at radius 1 is 0.778 bits per heavy atom. The van der Waals surface area contributed by atoms with Crippen molar-refractivity contribution in [3.63, 3.8) is 0 Å². The largest absolute Gasteiger partial charge is 0.289 e. The average Bonchev–Trinajstić information content (AvgIpc) is 2.47. The maximum absolute atomic E-state index is 12.1. The van der Waals surface area contributed by atoms with Gasteiger partial charge < -0.3 is 0 Å². The van der Waals surface area contributed by atoms with Gasteiger partial charge in [-0.05, 0) is 12.1 Å². The van der Waals surface area contributed by atoms with Crippen LogP contribution in [0.15, 0.2) is 54.6 Å². The highest BCUT2D eigenvalue weighted by molar-refractivity contribution is 9.08. The van der Waals surface area contributed by atoms with E-state index in [1.807, 2.05) is 18.2 Å². The van der Waals surface area contributed by atoms with Crippen molar-refractivity contribution in [1.82, 2.24) is 4.34 Å². The minimum Gasteiger partial charge on any atom is -0.289 e. The standard InChI is InChI=1S/C14H10BrNO2/c15-16-14(18)12-8-6-11(7-9-12)13(17)10-4-2-1-3-5-10/h1-9H,(H,16,18). The van der Waals surface area contributed by atoms with Crippen LogP contribution in [0.4, 0.5) is 0 Å². The summed E-state index contributed by atoms with van der Waals surface area (Å²) in [4.78, 5) is 23.4. The second-order valence-corrected chi connectivity index (χ2v) is 4.09. The third-order valence-corrected chi connectivity index (χ3v) is 2.89. The highest BCUT2D eigenvalue weighted by Crippen LogP contribution is 2.11. The van der Waals surface area contributed by atoms with Gasteiger partial charge in [-0.2, -0.15) is 0 Å². The van der Waals surface area contributed by atoms with E-state index in [1.165, 1.54) is 0 Å². The van der Waals surface area contributed by atoms with Gasteiger partial charge in [0.25, 0.3) is 5.91 Å². The molecule has 0 aliphatic carbocycles. The number of amides is 1. The van der Waals surface area contributed by atoms with Crippen LogP contribution >= 0.6 is 16.1 Å². The molecule has 2 rings (SSSR count). The van der Waals surface area contributed by atoms with Crippen molar-refractivity contribution >= 4 is 27.8 Å². The summed E-state index contributed by atoms with van der Waals surface area (Å²) in [5, 5.41) is 0. The second kappa shape index (κ2) is 5.60. The zero-order valence-electron chi connectivity index (χ0n) is 9.39. The van der Waals surface area contributed by atoms with Gasteiger partial charge in [-0.15, -0.1) is 0 Å². The maximum Gasteiger partial charge on any atom is 0.261 e. The van der Waals surface area contributed by atoms with Crippen LogP contribution < -0.4 is 4.34 Å². The van der Waals surface area contributed by atoms with Crippen LogP contribution in [-0.2, 0) is 0 Å². The number of rotatable bonds is 3. The third kappa shape index (κ3) is 2.65. The highest BCUT2D eigenvalue weighted by atomic mass is 79.9. The van der Waals surface area contributed by atoms with Gasteiger partial charge >= 0.3 is 0 Å². The number of nitrogens with one attached hydrogen (secondary N) is 1. The molecule has 0 radical (unpaired) electrons. The zero-order chi connectivity index (χ0) is 13.0. The summed E-state index contributed by atoms with van der Waals surface area (Å²) in [7, 11) is 0. The molecule has 0 saturated carbocycles. The maximum atomic E-state index is 12.1. The summed E-state index contributed by atoms with van der Waals surface area (Å²) < 4.78 is 2.35. The second-order valence-electron chi connectivity index (χ2n) is 3.70. The molecular formula is C14H10BrNO2. The first-order valence-corrected chi connectivity index (χ1v) is 6.12. The molecule has 0 bridgehead atoms. The SMILES string of the molecule is O=C(NBr)c1ccc(C(=O)c2ccccc2)cc1. The minimum atomic E-state index is -0.242. The van der Waals surface area contributed by atoms with Gasteiger partial charge in [0.2, 0.25) is 0 Å². The van der Waals surface area contributed by atoms with Crippen molar-refractivity contribution in [2.75, 3.05) is 0 Å². The number of hydrogen-bond donors (Lipinski definition) is 1. The number of ketones is 1. The van der Waals surface area contributed by atoms with Crippen LogP contribution in [0.5, 0.6) is 0 Å². The van der Waals surface area contributed by atoms with Gasteiger partial charge in [0, 0.05) is 32.8 Å². The molecule has 18 heavy (non-hydrogen) atoms. The molecule has 1 N–H and O–H groups in total. The number of benzene rings is 2. The van der Waals surface area contributed by atoms with Crippen molar-refractivity contribution < 1.29 is 9.59 Å². The fourth-order valence-electron chi connectivity index (χ4n) is 1.58. The van der Waals surface area contributed by atoms with E-state index in [1.54, 1.807) is 36.4 Å². The van der Waals surface area contributed by atoms with Crippen LogP contribution in [0.2, 0.25) is 0 Å². The summed E-state index contributed by atoms with van der Waals surface area (Å²) >= 11 is 2.87. The lowest BCUT2D eigenvalue weighted by atomic mass is 10.0. The van der Waals surface area contributed by atoms with Crippen LogP contribution in [-0.4, -0.2) is 11.7 Å². The molecule has 90 valence electrons. The summed E-state index contributed by atoms with van der Waals surface area (Å²) in [6.07, 6.45) is 0. The third-order valence-electron chi connectivity index (χ3n) is 2.53. The molecule has 0 aliphatic rings. The molecule has 1 amide bonds. The summed E-state index contributed by atoms with van der Waals surface area (Å²) in [5.41, 5.74) is 1.69. The summed E-state index contributed by atoms with van der Waals surface area (Å²) in [5.74, 6) is -0.296. The number of halogens is 1. The van der Waals surface area contributed by atoms with E-state index in [2.05, 4.69) is 20.5 Å². The van der Waals surface area contributed by atoms with Gasteiger partial charge in [-0.3, -0.25) is 13.9 Å². The fraction of sp³-hybridized carbons (Fsp3) is 0. The molecule has 0 heterocycles. The van der Waals surface area contributed by atoms with Crippen LogP contribution in [0.25, 0.3) is 0 Å². The van der Waals surface area contributed by atoms with Crippen LogP contribution in [0, 0.1) is 0 Å². The number of carbonyl (C=O) groups is 2. The number of hydrogen-bond acceptors (Lipinski definition) is 2. The topological polar surface area (TPSA) is 46.2 Å². The monoisotopic (exact) mass is 303 g/mol.